The van der Waals surface area contributed by atoms with Gasteiger partial charge in [0.2, 0.25) is 0 Å². The molecular formula is C72H130O12. The van der Waals surface area contributed by atoms with Gasteiger partial charge >= 0.3 is 35.8 Å². The lowest BCUT2D eigenvalue weighted by Crippen LogP contribution is -2.62. The van der Waals surface area contributed by atoms with Crippen LogP contribution in [0.5, 0.6) is 0 Å². The summed E-state index contributed by atoms with van der Waals surface area (Å²) in [6.45, 7) is 51.1. The van der Waals surface area contributed by atoms with Gasteiger partial charge < -0.3 is 28.4 Å². The van der Waals surface area contributed by atoms with Crippen LogP contribution in [0.1, 0.15) is 308 Å². The predicted molar refractivity (Wildman–Crippen MR) is 340 cm³/mol. The third-order valence-electron chi connectivity index (χ3n) is 19.9. The smallest absolute Gasteiger partial charge is 0.303 e. The van der Waals surface area contributed by atoms with Gasteiger partial charge in [-0.2, -0.15) is 0 Å². The van der Waals surface area contributed by atoms with E-state index < -0.39 is 0 Å². The van der Waals surface area contributed by atoms with E-state index in [0.717, 1.165) is 61.7 Å². The van der Waals surface area contributed by atoms with Crippen molar-refractivity contribution in [3.8, 4) is 0 Å². The molecule has 0 amide bonds. The molecule has 10 bridgehead atoms. The molecule has 10 aliphatic rings. The molecular weight excluding hydrogens is 1060 g/mol. The quantitative estimate of drug-likeness (QED) is 0.159. The molecule has 0 aliphatic heterocycles. The Morgan fingerprint density at radius 3 is 1.04 bits per heavy atom. The van der Waals surface area contributed by atoms with Gasteiger partial charge in [-0.05, 0) is 245 Å². The molecule has 0 aromatic heterocycles. The molecule has 0 saturated heterocycles. The molecule has 9 unspecified atom stereocenters. The Morgan fingerprint density at radius 2 is 0.798 bits per heavy atom. The number of carbonyl (C=O) groups excluding carboxylic acids is 6. The van der Waals surface area contributed by atoms with Gasteiger partial charge in [-0.25, -0.2) is 0 Å². The molecule has 490 valence electrons. The first-order valence-electron chi connectivity index (χ1n) is 33.5. The predicted octanol–water partition coefficient (Wildman–Crippen LogP) is 18.4. The lowest BCUT2D eigenvalue weighted by Gasteiger charge is -2.61. The number of fused-ring (bicyclic) bond motifs is 6. The summed E-state index contributed by atoms with van der Waals surface area (Å²) in [6.07, 6.45) is 24.8. The van der Waals surface area contributed by atoms with E-state index in [1.54, 1.807) is 6.92 Å². The molecule has 0 aromatic rings. The SMILES string of the molecule is CC(=O)OC(C)(C)C.CC(=O)OC1(C(C)C)C2CC3CC(C2)CC1C3.CC(=O)OC1(C(C)C)CC2CCC1C2.CC(=O)OC1(C)CC2CCC1C2.CC(C)(C)C.CCC(C)(C)C.CCC(C)(C)OC(C)=O.CCC1(OC(C)=O)CC2CCC1C2. The van der Waals surface area contributed by atoms with Crippen molar-refractivity contribution in [1.82, 2.24) is 0 Å². The Hall–Kier alpha value is -3.18. The molecule has 10 rings (SSSR count). The van der Waals surface area contributed by atoms with Gasteiger partial charge in [0.05, 0.1) is 0 Å². The highest BCUT2D eigenvalue weighted by Gasteiger charge is 2.61. The summed E-state index contributed by atoms with van der Waals surface area (Å²) in [6, 6.07) is 0. The summed E-state index contributed by atoms with van der Waals surface area (Å²) < 4.78 is 32.3. The van der Waals surface area contributed by atoms with Crippen LogP contribution in [-0.4, -0.2) is 69.4 Å². The van der Waals surface area contributed by atoms with Crippen LogP contribution in [0.2, 0.25) is 0 Å². The normalized spacial score (nSPS) is 33.1. The van der Waals surface area contributed by atoms with Crippen molar-refractivity contribution >= 4 is 35.8 Å². The molecule has 0 spiro atoms. The minimum atomic E-state index is -0.328. The van der Waals surface area contributed by atoms with Crippen LogP contribution in [-0.2, 0) is 57.2 Å². The molecule has 12 heteroatoms. The summed E-state index contributed by atoms with van der Waals surface area (Å²) in [5.41, 5.74) is -0.00479. The second kappa shape index (κ2) is 31.8. The minimum absolute atomic E-state index is 0.0747. The summed E-state index contributed by atoms with van der Waals surface area (Å²) in [5, 5.41) is 0. The van der Waals surface area contributed by atoms with Crippen LogP contribution in [0.3, 0.4) is 0 Å². The maximum atomic E-state index is 11.5. The van der Waals surface area contributed by atoms with E-state index in [4.69, 9.17) is 28.4 Å². The number of esters is 6. The second-order valence-corrected chi connectivity index (χ2v) is 32.6. The average molecular weight is 1190 g/mol. The lowest BCUT2D eigenvalue weighted by molar-refractivity contribution is -0.223. The summed E-state index contributed by atoms with van der Waals surface area (Å²) in [4.78, 5) is 65.2. The molecule has 0 heterocycles. The first-order chi connectivity index (χ1) is 38.3. The summed E-state index contributed by atoms with van der Waals surface area (Å²) >= 11 is 0. The molecule has 10 saturated carbocycles. The van der Waals surface area contributed by atoms with E-state index in [1.165, 1.54) is 131 Å². The minimum Gasteiger partial charge on any atom is -0.460 e. The largest absolute Gasteiger partial charge is 0.460 e. The first kappa shape index (κ1) is 76.9. The topological polar surface area (TPSA) is 158 Å². The van der Waals surface area contributed by atoms with Gasteiger partial charge in [0.25, 0.3) is 0 Å². The highest BCUT2D eigenvalue weighted by atomic mass is 16.6. The number of hydrogen-bond acceptors (Lipinski definition) is 12. The van der Waals surface area contributed by atoms with E-state index in [1.807, 2.05) is 41.5 Å². The van der Waals surface area contributed by atoms with Crippen LogP contribution in [0.15, 0.2) is 0 Å². The highest BCUT2D eigenvalue weighted by Crippen LogP contribution is 2.62. The van der Waals surface area contributed by atoms with Crippen molar-refractivity contribution in [2.24, 2.45) is 81.8 Å². The lowest BCUT2D eigenvalue weighted by atomic mass is 9.47. The van der Waals surface area contributed by atoms with Crippen molar-refractivity contribution in [2.45, 2.75) is 342 Å². The van der Waals surface area contributed by atoms with Crippen LogP contribution in [0.4, 0.5) is 0 Å². The van der Waals surface area contributed by atoms with Crippen molar-refractivity contribution in [1.29, 1.82) is 0 Å². The van der Waals surface area contributed by atoms with Crippen molar-refractivity contribution in [3.05, 3.63) is 0 Å². The fourth-order valence-electron chi connectivity index (χ4n) is 16.1. The highest BCUT2D eigenvalue weighted by molar-refractivity contribution is 5.68. The zero-order chi connectivity index (χ0) is 64.8. The Labute approximate surface area is 514 Å². The molecule has 0 N–H and O–H groups in total. The van der Waals surface area contributed by atoms with E-state index in [0.29, 0.717) is 52.3 Å². The van der Waals surface area contributed by atoms with E-state index in [-0.39, 0.29) is 69.4 Å². The fourth-order valence-corrected chi connectivity index (χ4v) is 16.1. The maximum absolute atomic E-state index is 11.5. The molecule has 84 heavy (non-hydrogen) atoms. The zero-order valence-electron chi connectivity index (χ0n) is 59.0. The second-order valence-electron chi connectivity index (χ2n) is 32.6. The fraction of sp³-hybridized carbons (Fsp3) is 0.917. The van der Waals surface area contributed by atoms with E-state index in [2.05, 4.69) is 96.9 Å². The maximum Gasteiger partial charge on any atom is 0.303 e. The van der Waals surface area contributed by atoms with Gasteiger partial charge in [0, 0.05) is 41.5 Å². The molecule has 10 fully saturated rings. The monoisotopic (exact) mass is 1190 g/mol. The summed E-state index contributed by atoms with van der Waals surface area (Å²) in [5.74, 6) is 7.66. The van der Waals surface area contributed by atoms with E-state index in [9.17, 15) is 28.8 Å². The van der Waals surface area contributed by atoms with Gasteiger partial charge in [0.15, 0.2) is 0 Å². The third kappa shape index (κ3) is 24.4. The molecule has 0 aromatic carbocycles. The number of hydrogen-bond donors (Lipinski definition) is 0. The van der Waals surface area contributed by atoms with Crippen LogP contribution in [0.25, 0.3) is 0 Å². The van der Waals surface area contributed by atoms with Crippen LogP contribution < -0.4 is 0 Å². The van der Waals surface area contributed by atoms with Gasteiger partial charge in [0.1, 0.15) is 33.6 Å². The van der Waals surface area contributed by atoms with E-state index >= 15 is 0 Å². The van der Waals surface area contributed by atoms with Crippen LogP contribution >= 0.6 is 0 Å². The molecule has 9 atom stereocenters. The Bertz CT molecular complexity index is 2050. The van der Waals surface area contributed by atoms with Gasteiger partial charge in [-0.15, -0.1) is 0 Å². The van der Waals surface area contributed by atoms with Crippen molar-refractivity contribution < 1.29 is 57.2 Å². The number of ether oxygens (including phenoxy) is 6. The van der Waals surface area contributed by atoms with Crippen molar-refractivity contribution in [2.75, 3.05) is 0 Å². The Balaban J connectivity index is 0.000000337. The standard InChI is InChI=1S/C15H24O2.C12H20O2.C11H18O2.C10H16O2.C7H14O2.C6H12O2.C6H14.C5H12/c1-9(2)15(17-10(3)16)13-5-11-4-12(7-13)8-14(15)6-11;1-8(2)12(14-9(3)13)7-10-4-5-11(12)6-10;1-3-11(13-8(2)12)7-9-4-5-10(11)6-9;1-7(11)12-10(2)6-8-3-4-9(10)5-8;1-5-7(3,4)9-6(2)8;1-5(7)8-6(2,3)4;1-5-6(2,3)4;1-5(2,3)4/h9,11-14H,4-8H2,1-3H3;8,10-11H,4-7H2,1-3H3;9-10H,3-7H2,1-2H3;8-9H,3-6H2,1-2H3;5H2,1-4H3;1-4H3;5H2,1-4H3;1-4H3. The Morgan fingerprint density at radius 1 is 0.417 bits per heavy atom. The Kier molecular flexibility index (Phi) is 29.1. The number of rotatable bonds is 9. The summed E-state index contributed by atoms with van der Waals surface area (Å²) in [7, 11) is 0. The number of carbonyl (C=O) groups is 6. The molecule has 0 radical (unpaired) electrons. The van der Waals surface area contributed by atoms with Gasteiger partial charge in [-0.3, -0.25) is 28.8 Å². The van der Waals surface area contributed by atoms with Crippen molar-refractivity contribution in [3.63, 3.8) is 0 Å². The third-order valence-corrected chi connectivity index (χ3v) is 19.9. The first-order valence-corrected chi connectivity index (χ1v) is 33.5. The zero-order valence-corrected chi connectivity index (χ0v) is 59.0. The average Bonchev–Trinajstić information content (AvgIpc) is 1.19. The van der Waals surface area contributed by atoms with Gasteiger partial charge in [-0.1, -0.05) is 103 Å². The molecule has 12 nitrogen and oxygen atoms in total. The van der Waals surface area contributed by atoms with Crippen LogP contribution in [0, 0.1) is 81.8 Å². The molecule has 10 aliphatic carbocycles.